The van der Waals surface area contributed by atoms with Crippen molar-refractivity contribution < 1.29 is 17.8 Å². The molecule has 0 aliphatic carbocycles. The first-order valence-electron chi connectivity index (χ1n) is 4.38. The summed E-state index contributed by atoms with van der Waals surface area (Å²) in [5, 5.41) is 0. The minimum absolute atomic E-state index is 0.308. The second kappa shape index (κ2) is 6.66. The average molecular weight is 259 g/mol. The summed E-state index contributed by atoms with van der Waals surface area (Å²) < 4.78 is 9.88. The van der Waals surface area contributed by atoms with Crippen molar-refractivity contribution in [3.8, 4) is 0 Å². The van der Waals surface area contributed by atoms with Gasteiger partial charge in [0, 0.05) is 5.56 Å². The molecule has 0 heterocycles. The van der Waals surface area contributed by atoms with E-state index in [1.165, 1.54) is 0 Å². The highest BCUT2D eigenvalue weighted by Gasteiger charge is 2.13. The van der Waals surface area contributed by atoms with Crippen LogP contribution in [0.3, 0.4) is 0 Å². The van der Waals surface area contributed by atoms with Crippen molar-refractivity contribution in [1.82, 2.24) is 4.98 Å². The Balaban J connectivity index is 2.42. The molecule has 0 aliphatic heterocycles. The van der Waals surface area contributed by atoms with E-state index < -0.39 is 19.5 Å². The molecular weight excluding hydrogens is 246 g/mol. The Bertz CT molecular complexity index is 310. The highest BCUT2D eigenvalue weighted by atomic mass is 28.4. The van der Waals surface area contributed by atoms with Gasteiger partial charge in [-0.3, -0.25) is 4.79 Å². The summed E-state index contributed by atoms with van der Waals surface area (Å²) in [6.45, 7) is 0. The number of hydrogen-bond acceptors (Lipinski definition) is 4. The molecule has 0 bridgehead atoms. The molecule has 1 aromatic carbocycles. The lowest BCUT2D eigenvalue weighted by Crippen LogP contribution is -2.42. The molecule has 1 amide bonds. The van der Waals surface area contributed by atoms with Gasteiger partial charge in [0.05, 0.1) is 0 Å². The third-order valence-electron chi connectivity index (χ3n) is 1.63. The maximum Gasteiger partial charge on any atom is 0.430 e. The van der Waals surface area contributed by atoms with E-state index in [9.17, 15) is 9.59 Å². The molecule has 0 saturated carbocycles. The summed E-state index contributed by atoms with van der Waals surface area (Å²) in [4.78, 5) is 23.3. The predicted molar refractivity (Wildman–Crippen MR) is 63.9 cm³/mol. The minimum Gasteiger partial charge on any atom is -0.449 e. The SMILES string of the molecule is O=C(N[SiH](O)O[SiH2]O[SiH3])c1ccccc1. The quantitative estimate of drug-likeness (QED) is 0.571. The smallest absolute Gasteiger partial charge is 0.430 e. The molecule has 0 radical (unpaired) electrons. The van der Waals surface area contributed by atoms with Crippen LogP contribution in [0.15, 0.2) is 30.3 Å². The Hall–Kier alpha value is -0.779. The molecular formula is C7H13NO4Si3. The summed E-state index contributed by atoms with van der Waals surface area (Å²) in [5.74, 6) is -0.308. The zero-order valence-corrected chi connectivity index (χ0v) is 12.9. The van der Waals surface area contributed by atoms with Crippen molar-refractivity contribution in [2.45, 2.75) is 0 Å². The van der Waals surface area contributed by atoms with Crippen LogP contribution in [0.5, 0.6) is 0 Å². The molecule has 1 aromatic rings. The highest BCUT2D eigenvalue weighted by Crippen LogP contribution is 1.97. The normalized spacial score (nSPS) is 13.1. The summed E-state index contributed by atoms with van der Waals surface area (Å²) in [6.07, 6.45) is 0. The van der Waals surface area contributed by atoms with Crippen molar-refractivity contribution in [2.75, 3.05) is 0 Å². The fourth-order valence-electron chi connectivity index (χ4n) is 0.959. The van der Waals surface area contributed by atoms with Gasteiger partial charge < -0.3 is 18.0 Å². The summed E-state index contributed by atoms with van der Waals surface area (Å²) in [5.41, 5.74) is 0.515. The van der Waals surface area contributed by atoms with Gasteiger partial charge in [-0.15, -0.1) is 0 Å². The maximum atomic E-state index is 11.5. The third-order valence-corrected chi connectivity index (χ3v) is 4.89. The molecule has 8 heteroatoms. The second-order valence-electron chi connectivity index (χ2n) is 2.77. The van der Waals surface area contributed by atoms with Gasteiger partial charge in [0.1, 0.15) is 10.5 Å². The highest BCUT2D eigenvalue weighted by molar-refractivity contribution is 6.52. The standard InChI is InChI=1S/C7H13NO4Si3/c9-7(6-4-2-1-3-5-6)8-15(10)12-14-11-13/h1-5,10,15H,14H2,13H3,(H,8,9). The summed E-state index contributed by atoms with van der Waals surface area (Å²) >= 11 is 0. The van der Waals surface area contributed by atoms with E-state index in [2.05, 4.69) is 4.98 Å². The second-order valence-corrected chi connectivity index (χ2v) is 7.64. The maximum absolute atomic E-state index is 11.5. The van der Waals surface area contributed by atoms with Crippen LogP contribution in [0.2, 0.25) is 0 Å². The topological polar surface area (TPSA) is 67.8 Å². The molecule has 5 nitrogen and oxygen atoms in total. The van der Waals surface area contributed by atoms with E-state index >= 15 is 0 Å². The van der Waals surface area contributed by atoms with Crippen LogP contribution in [-0.2, 0) is 8.23 Å². The minimum atomic E-state index is -2.59. The van der Waals surface area contributed by atoms with Crippen LogP contribution in [0.25, 0.3) is 0 Å². The molecule has 1 atom stereocenters. The average Bonchev–Trinajstić information content (AvgIpc) is 2.27. The van der Waals surface area contributed by atoms with Crippen LogP contribution in [0.1, 0.15) is 10.4 Å². The molecule has 2 N–H and O–H groups in total. The van der Waals surface area contributed by atoms with Gasteiger partial charge in [-0.2, -0.15) is 0 Å². The van der Waals surface area contributed by atoms with Crippen molar-refractivity contribution in [2.24, 2.45) is 0 Å². The van der Waals surface area contributed by atoms with Crippen molar-refractivity contribution >= 4 is 35.8 Å². The molecule has 0 aliphatic rings. The third kappa shape index (κ3) is 4.51. The lowest BCUT2D eigenvalue weighted by molar-refractivity contribution is 0.0969. The summed E-state index contributed by atoms with van der Waals surface area (Å²) in [7, 11) is -3.07. The van der Waals surface area contributed by atoms with E-state index in [0.29, 0.717) is 16.0 Å². The van der Waals surface area contributed by atoms with Gasteiger partial charge in [-0.1, -0.05) is 18.2 Å². The van der Waals surface area contributed by atoms with E-state index in [0.717, 1.165) is 0 Å². The van der Waals surface area contributed by atoms with Gasteiger partial charge in [-0.25, -0.2) is 0 Å². The van der Waals surface area contributed by atoms with Crippen LogP contribution in [0, 0.1) is 0 Å². The van der Waals surface area contributed by atoms with Gasteiger partial charge in [0.25, 0.3) is 10.0 Å². The van der Waals surface area contributed by atoms with Gasteiger partial charge >= 0.3 is 9.45 Å². The van der Waals surface area contributed by atoms with Gasteiger partial charge in [0.2, 0.25) is 5.91 Å². The van der Waals surface area contributed by atoms with E-state index in [1.807, 2.05) is 6.07 Å². The molecule has 82 valence electrons. The molecule has 0 saturated heterocycles. The molecule has 0 fully saturated rings. The first-order valence-corrected chi connectivity index (χ1v) is 7.92. The van der Waals surface area contributed by atoms with Crippen LogP contribution in [-0.4, -0.2) is 40.6 Å². The lowest BCUT2D eigenvalue weighted by Gasteiger charge is -2.10. The predicted octanol–water partition coefficient (Wildman–Crippen LogP) is -2.56. The molecule has 0 spiro atoms. The van der Waals surface area contributed by atoms with Gasteiger partial charge in [-0.05, 0) is 12.1 Å². The first-order chi connectivity index (χ1) is 7.24. The monoisotopic (exact) mass is 259 g/mol. The Kier molecular flexibility index (Phi) is 5.46. The fourth-order valence-corrected chi connectivity index (χ4v) is 3.97. The van der Waals surface area contributed by atoms with Gasteiger partial charge in [0.15, 0.2) is 0 Å². The largest absolute Gasteiger partial charge is 0.449 e. The Morgan fingerprint density at radius 2 is 2.13 bits per heavy atom. The number of rotatable bonds is 5. The van der Waals surface area contributed by atoms with E-state index in [-0.39, 0.29) is 5.91 Å². The van der Waals surface area contributed by atoms with Crippen molar-refractivity contribution in [3.63, 3.8) is 0 Å². The van der Waals surface area contributed by atoms with Crippen molar-refractivity contribution in [1.29, 1.82) is 0 Å². The van der Waals surface area contributed by atoms with Crippen LogP contribution < -0.4 is 4.98 Å². The molecule has 0 aromatic heterocycles. The zero-order chi connectivity index (χ0) is 11.1. The molecule has 1 rings (SSSR count). The number of hydrogen-bond donors (Lipinski definition) is 2. The number of benzene rings is 1. The number of carbonyl (C=O) groups excluding carboxylic acids is 1. The Morgan fingerprint density at radius 3 is 2.73 bits per heavy atom. The number of nitrogens with one attached hydrogen (secondary N) is 1. The zero-order valence-electron chi connectivity index (χ0n) is 8.34. The Labute approximate surface area is 94.9 Å². The van der Waals surface area contributed by atoms with Crippen molar-refractivity contribution in [3.05, 3.63) is 35.9 Å². The number of amides is 1. The molecule has 1 unspecified atom stereocenters. The molecule has 15 heavy (non-hydrogen) atoms. The lowest BCUT2D eigenvalue weighted by atomic mass is 10.2. The first kappa shape index (κ1) is 12.3. The summed E-state index contributed by atoms with van der Waals surface area (Å²) in [6, 6.07) is 8.70. The fraction of sp³-hybridized carbons (Fsp3) is 0. The van der Waals surface area contributed by atoms with E-state index in [1.54, 1.807) is 24.3 Å². The van der Waals surface area contributed by atoms with Crippen LogP contribution in [0.4, 0.5) is 0 Å². The van der Waals surface area contributed by atoms with E-state index in [4.69, 9.17) is 8.23 Å². The van der Waals surface area contributed by atoms with Crippen LogP contribution >= 0.6 is 0 Å². The number of carbonyl (C=O) groups is 1. The Morgan fingerprint density at radius 1 is 1.47 bits per heavy atom.